The molecule has 0 saturated heterocycles. The molecule has 1 nitrogen and oxygen atoms in total. The fourth-order valence-corrected chi connectivity index (χ4v) is 0.204. The summed E-state index contributed by atoms with van der Waals surface area (Å²) in [6.45, 7) is 29.7. The van der Waals surface area contributed by atoms with E-state index in [4.69, 9.17) is 4.74 Å². The van der Waals surface area contributed by atoms with E-state index < -0.39 is 0 Å². The van der Waals surface area contributed by atoms with Gasteiger partial charge in [-0.2, -0.15) is 0 Å². The lowest BCUT2D eigenvalue weighted by Crippen LogP contribution is -1.84. The number of rotatable bonds is 2. The molecule has 80 valence electrons. The van der Waals surface area contributed by atoms with Crippen molar-refractivity contribution >= 4 is 0 Å². The van der Waals surface area contributed by atoms with Gasteiger partial charge >= 0.3 is 0 Å². The average molecular weight is 186 g/mol. The van der Waals surface area contributed by atoms with Crippen LogP contribution in [0.2, 0.25) is 0 Å². The van der Waals surface area contributed by atoms with E-state index >= 15 is 0 Å². The van der Waals surface area contributed by atoms with Crippen molar-refractivity contribution in [2.24, 2.45) is 0 Å². The van der Waals surface area contributed by atoms with Crippen LogP contribution in [0.4, 0.5) is 0 Å². The van der Waals surface area contributed by atoms with E-state index in [0.717, 1.165) is 13.2 Å². The topological polar surface area (TPSA) is 9.23 Å². The molecule has 0 bridgehead atoms. The fraction of sp³-hybridized carbons (Fsp3) is 0.333. The van der Waals surface area contributed by atoms with Gasteiger partial charge in [-0.05, 0) is 13.8 Å². The third kappa shape index (κ3) is 1030. The van der Waals surface area contributed by atoms with Crippen molar-refractivity contribution in [2.45, 2.75) is 13.8 Å². The highest BCUT2D eigenvalue weighted by molar-refractivity contribution is 4.23. The smallest absolute Gasteiger partial charge is 0.0437 e. The SMILES string of the molecule is C=C.C=C.C=C.C=C.CCOCC. The monoisotopic (exact) mass is 186 g/mol. The summed E-state index contributed by atoms with van der Waals surface area (Å²) in [5.74, 6) is 0. The summed E-state index contributed by atoms with van der Waals surface area (Å²) in [4.78, 5) is 0. The van der Waals surface area contributed by atoms with E-state index in [0.29, 0.717) is 0 Å². The maximum atomic E-state index is 4.83. The van der Waals surface area contributed by atoms with Crippen LogP contribution in [0.1, 0.15) is 13.8 Å². The van der Waals surface area contributed by atoms with Gasteiger partial charge in [0.2, 0.25) is 0 Å². The van der Waals surface area contributed by atoms with Crippen molar-refractivity contribution in [3.63, 3.8) is 0 Å². The molecule has 0 aromatic heterocycles. The second kappa shape index (κ2) is 292. The van der Waals surface area contributed by atoms with Crippen LogP contribution < -0.4 is 0 Å². The second-order valence-corrected chi connectivity index (χ2v) is 0.781. The molecule has 0 spiro atoms. The number of ether oxygens (including phenoxy) is 1. The van der Waals surface area contributed by atoms with Crippen molar-refractivity contribution < 1.29 is 4.74 Å². The molecule has 0 aliphatic heterocycles. The van der Waals surface area contributed by atoms with Gasteiger partial charge in [0.05, 0.1) is 0 Å². The first-order valence-electron chi connectivity index (χ1n) is 3.99. The largest absolute Gasteiger partial charge is 0.382 e. The van der Waals surface area contributed by atoms with Crippen molar-refractivity contribution in [3.8, 4) is 0 Å². The van der Waals surface area contributed by atoms with Gasteiger partial charge < -0.3 is 4.74 Å². The normalized spacial score (nSPS) is 4.46. The minimum absolute atomic E-state index is 0.844. The summed E-state index contributed by atoms with van der Waals surface area (Å²) in [7, 11) is 0. The van der Waals surface area contributed by atoms with Gasteiger partial charge in [0.15, 0.2) is 0 Å². The average Bonchev–Trinajstić information content (AvgIpc) is 2.30. The molecule has 0 unspecified atom stereocenters. The Hall–Kier alpha value is -1.08. The standard InChI is InChI=1S/C4H10O.4C2H4/c1-3-5-4-2;4*1-2/h3-4H2,1-2H3;4*1-2H2. The molecule has 13 heavy (non-hydrogen) atoms. The number of hydrogen-bond donors (Lipinski definition) is 0. The Balaban J connectivity index is -0.0000000230. The summed E-state index contributed by atoms with van der Waals surface area (Å²) in [5.41, 5.74) is 0. The Bertz CT molecular complexity index is 34.4. The van der Waals surface area contributed by atoms with Crippen LogP contribution >= 0.6 is 0 Å². The highest BCUT2D eigenvalue weighted by Gasteiger charge is 1.64. The highest BCUT2D eigenvalue weighted by atomic mass is 16.5. The molecule has 0 N–H and O–H groups in total. The molecule has 0 aromatic carbocycles. The maximum absolute atomic E-state index is 4.83. The van der Waals surface area contributed by atoms with Crippen LogP contribution in [0.25, 0.3) is 0 Å². The summed E-state index contributed by atoms with van der Waals surface area (Å²) in [6.07, 6.45) is 0. The van der Waals surface area contributed by atoms with Crippen molar-refractivity contribution in [2.75, 3.05) is 13.2 Å². The zero-order chi connectivity index (χ0) is 12.1. The van der Waals surface area contributed by atoms with Crippen molar-refractivity contribution in [1.29, 1.82) is 0 Å². The van der Waals surface area contributed by atoms with Gasteiger partial charge in [0.25, 0.3) is 0 Å². The van der Waals surface area contributed by atoms with Gasteiger partial charge in [-0.15, -0.1) is 52.6 Å². The molecule has 0 saturated carbocycles. The molecule has 0 atom stereocenters. The van der Waals surface area contributed by atoms with Gasteiger partial charge in [-0.25, -0.2) is 0 Å². The van der Waals surface area contributed by atoms with Crippen LogP contribution in [-0.4, -0.2) is 13.2 Å². The van der Waals surface area contributed by atoms with Gasteiger partial charge in [-0.1, -0.05) is 0 Å². The van der Waals surface area contributed by atoms with Crippen LogP contribution in [0.3, 0.4) is 0 Å². The van der Waals surface area contributed by atoms with Crippen LogP contribution in [0.5, 0.6) is 0 Å². The van der Waals surface area contributed by atoms with Gasteiger partial charge in [0, 0.05) is 13.2 Å². The van der Waals surface area contributed by atoms with Crippen molar-refractivity contribution in [1.82, 2.24) is 0 Å². The van der Waals surface area contributed by atoms with Crippen molar-refractivity contribution in [3.05, 3.63) is 52.6 Å². The Morgan fingerprint density at radius 1 is 0.615 bits per heavy atom. The van der Waals surface area contributed by atoms with E-state index in [1.54, 1.807) is 0 Å². The lowest BCUT2D eigenvalue weighted by molar-refractivity contribution is 0.162. The molecule has 1 heteroatoms. The number of hydrogen-bond acceptors (Lipinski definition) is 1. The quantitative estimate of drug-likeness (QED) is 0.586. The maximum Gasteiger partial charge on any atom is 0.0437 e. The predicted octanol–water partition coefficient (Wildman–Crippen LogP) is 4.25. The summed E-state index contributed by atoms with van der Waals surface area (Å²) in [6, 6.07) is 0. The summed E-state index contributed by atoms with van der Waals surface area (Å²) in [5, 5.41) is 0. The second-order valence-electron chi connectivity index (χ2n) is 0.781. The van der Waals surface area contributed by atoms with Crippen LogP contribution in [0.15, 0.2) is 52.6 Å². The molecule has 0 aliphatic carbocycles. The Morgan fingerprint density at radius 2 is 0.769 bits per heavy atom. The minimum Gasteiger partial charge on any atom is -0.382 e. The first-order valence-corrected chi connectivity index (χ1v) is 3.99. The molecule has 0 heterocycles. The first kappa shape index (κ1) is 29.7. The van der Waals surface area contributed by atoms with E-state index in [1.165, 1.54) is 0 Å². The highest BCUT2D eigenvalue weighted by Crippen LogP contribution is 1.64. The molecule has 0 amide bonds. The Labute approximate surface area is 85.1 Å². The summed E-state index contributed by atoms with van der Waals surface area (Å²) < 4.78 is 4.83. The molecule has 0 aromatic rings. The van der Waals surface area contributed by atoms with E-state index in [-0.39, 0.29) is 0 Å². The van der Waals surface area contributed by atoms with Crippen LogP contribution in [0, 0.1) is 0 Å². The van der Waals surface area contributed by atoms with Gasteiger partial charge in [-0.3, -0.25) is 0 Å². The fourth-order valence-electron chi connectivity index (χ4n) is 0.204. The molecule has 0 radical (unpaired) electrons. The Morgan fingerprint density at radius 3 is 0.769 bits per heavy atom. The zero-order valence-corrected chi connectivity index (χ0v) is 9.48. The minimum atomic E-state index is 0.844. The lowest BCUT2D eigenvalue weighted by atomic mass is 10.8. The first-order chi connectivity index (χ1) is 6.41. The molecule has 0 rings (SSSR count). The van der Waals surface area contributed by atoms with Crippen LogP contribution in [-0.2, 0) is 4.74 Å². The third-order valence-corrected chi connectivity index (χ3v) is 0.408. The zero-order valence-electron chi connectivity index (χ0n) is 9.48. The van der Waals surface area contributed by atoms with E-state index in [1.807, 2.05) is 13.8 Å². The Kier molecular flexibility index (Phi) is 666. The van der Waals surface area contributed by atoms with Gasteiger partial charge in [0.1, 0.15) is 0 Å². The predicted molar refractivity (Wildman–Crippen MR) is 67.2 cm³/mol. The molecular weight excluding hydrogens is 160 g/mol. The van der Waals surface area contributed by atoms with E-state index in [2.05, 4.69) is 52.6 Å². The third-order valence-electron chi connectivity index (χ3n) is 0.408. The van der Waals surface area contributed by atoms with E-state index in [9.17, 15) is 0 Å². The molecular formula is C12H26O. The lowest BCUT2D eigenvalue weighted by Gasteiger charge is -1.86. The molecule has 0 aliphatic rings. The summed E-state index contributed by atoms with van der Waals surface area (Å²) >= 11 is 0. The molecule has 0 fully saturated rings.